The van der Waals surface area contributed by atoms with Gasteiger partial charge in [-0.15, -0.1) is 0 Å². The molecule has 1 aliphatic heterocycles. The molecule has 1 aliphatic rings. The molecule has 56 valence electrons. The van der Waals surface area contributed by atoms with Crippen LogP contribution in [0.4, 0.5) is 0 Å². The fourth-order valence-electron chi connectivity index (χ4n) is 1.08. The van der Waals surface area contributed by atoms with Crippen LogP contribution in [-0.2, 0) is 9.59 Å². The Bertz CT molecular complexity index is 156. The lowest BCUT2D eigenvalue weighted by Crippen LogP contribution is -2.35. The molecular formula is C7H11NO2. The van der Waals surface area contributed by atoms with Gasteiger partial charge in [0.15, 0.2) is 0 Å². The second-order valence-electron chi connectivity index (χ2n) is 2.70. The quantitative estimate of drug-likeness (QED) is 0.484. The Morgan fingerprint density at radius 1 is 1.70 bits per heavy atom. The third-order valence-electron chi connectivity index (χ3n) is 1.89. The molecule has 0 aromatic heterocycles. The summed E-state index contributed by atoms with van der Waals surface area (Å²) >= 11 is 0. The Kier molecular flexibility index (Phi) is 2.04. The van der Waals surface area contributed by atoms with E-state index in [0.29, 0.717) is 6.42 Å². The van der Waals surface area contributed by atoms with Crippen molar-refractivity contribution in [2.24, 2.45) is 5.92 Å². The first kappa shape index (κ1) is 7.25. The van der Waals surface area contributed by atoms with Gasteiger partial charge in [0.25, 0.3) is 0 Å². The molecule has 1 atom stereocenters. The van der Waals surface area contributed by atoms with E-state index in [0.717, 1.165) is 19.3 Å². The average Bonchev–Trinajstić information content (AvgIpc) is 1.95. The van der Waals surface area contributed by atoms with E-state index in [-0.39, 0.29) is 11.8 Å². The van der Waals surface area contributed by atoms with Gasteiger partial charge in [0.1, 0.15) is 6.29 Å². The van der Waals surface area contributed by atoms with E-state index in [1.807, 2.05) is 0 Å². The number of nitrogens with zero attached hydrogens (tertiary/aromatic N) is 1. The van der Waals surface area contributed by atoms with Crippen molar-refractivity contribution in [3.63, 3.8) is 0 Å². The summed E-state index contributed by atoms with van der Waals surface area (Å²) in [7, 11) is 1.77. The fraction of sp³-hybridized carbons (Fsp3) is 0.714. The number of likely N-dealkylation sites (tertiary alicyclic amines) is 1. The van der Waals surface area contributed by atoms with Gasteiger partial charge >= 0.3 is 0 Å². The van der Waals surface area contributed by atoms with Crippen molar-refractivity contribution in [3.05, 3.63) is 0 Å². The summed E-state index contributed by atoms with van der Waals surface area (Å²) in [6.45, 7) is 0.724. The van der Waals surface area contributed by atoms with Crippen molar-refractivity contribution < 1.29 is 9.59 Å². The van der Waals surface area contributed by atoms with Crippen LogP contribution in [0.5, 0.6) is 0 Å². The molecule has 10 heavy (non-hydrogen) atoms. The molecule has 0 spiro atoms. The van der Waals surface area contributed by atoms with Crippen molar-refractivity contribution in [1.29, 1.82) is 0 Å². The number of piperidine rings is 1. The highest BCUT2D eigenvalue weighted by atomic mass is 16.2. The van der Waals surface area contributed by atoms with E-state index in [1.54, 1.807) is 11.9 Å². The lowest BCUT2D eigenvalue weighted by molar-refractivity contribution is -0.135. The van der Waals surface area contributed by atoms with Crippen molar-refractivity contribution in [1.82, 2.24) is 4.90 Å². The molecule has 0 aromatic rings. The van der Waals surface area contributed by atoms with Crippen LogP contribution in [0.15, 0.2) is 0 Å². The Morgan fingerprint density at radius 2 is 2.40 bits per heavy atom. The molecule has 3 heteroatoms. The molecule has 1 saturated heterocycles. The number of carbonyl (C=O) groups is 2. The normalized spacial score (nSPS) is 26.7. The zero-order valence-corrected chi connectivity index (χ0v) is 6.04. The van der Waals surface area contributed by atoms with Crippen LogP contribution in [0.25, 0.3) is 0 Å². The van der Waals surface area contributed by atoms with Gasteiger partial charge in [-0.2, -0.15) is 0 Å². The molecule has 0 aliphatic carbocycles. The zero-order valence-electron chi connectivity index (χ0n) is 6.04. The third kappa shape index (κ3) is 1.35. The van der Waals surface area contributed by atoms with Crippen molar-refractivity contribution in [3.8, 4) is 0 Å². The number of aldehydes is 1. The summed E-state index contributed by atoms with van der Waals surface area (Å²) in [6.07, 6.45) is 2.11. The monoisotopic (exact) mass is 141 g/mol. The lowest BCUT2D eigenvalue weighted by atomic mass is 9.98. The second kappa shape index (κ2) is 2.82. The van der Waals surface area contributed by atoms with Gasteiger partial charge in [-0.3, -0.25) is 4.79 Å². The molecule has 1 amide bonds. The van der Waals surface area contributed by atoms with Crippen LogP contribution >= 0.6 is 0 Å². The largest absolute Gasteiger partial charge is 0.346 e. The Hall–Kier alpha value is -0.860. The molecule has 0 saturated carbocycles. The number of hydrogen-bond acceptors (Lipinski definition) is 2. The number of amides is 1. The minimum Gasteiger partial charge on any atom is -0.346 e. The van der Waals surface area contributed by atoms with Crippen LogP contribution < -0.4 is 0 Å². The average molecular weight is 141 g/mol. The summed E-state index contributed by atoms with van der Waals surface area (Å²) in [5.41, 5.74) is 0. The summed E-state index contributed by atoms with van der Waals surface area (Å²) in [5, 5.41) is 0. The summed E-state index contributed by atoms with van der Waals surface area (Å²) in [5.74, 6) is 0.0621. The third-order valence-corrected chi connectivity index (χ3v) is 1.89. The number of carbonyl (C=O) groups excluding carboxylic acids is 2. The topological polar surface area (TPSA) is 37.4 Å². The van der Waals surface area contributed by atoms with Crippen molar-refractivity contribution >= 4 is 12.2 Å². The van der Waals surface area contributed by atoms with E-state index >= 15 is 0 Å². The molecule has 0 radical (unpaired) electrons. The molecule has 1 heterocycles. The molecule has 1 fully saturated rings. The van der Waals surface area contributed by atoms with Crippen molar-refractivity contribution in [2.45, 2.75) is 12.8 Å². The maximum Gasteiger partial charge on any atom is 0.223 e. The van der Waals surface area contributed by atoms with Gasteiger partial charge in [-0.05, 0) is 6.42 Å². The Morgan fingerprint density at radius 3 is 2.90 bits per heavy atom. The highest BCUT2D eigenvalue weighted by Gasteiger charge is 2.21. The maximum absolute atomic E-state index is 10.9. The van der Waals surface area contributed by atoms with E-state index in [2.05, 4.69) is 0 Å². The molecule has 0 aromatic carbocycles. The summed E-state index contributed by atoms with van der Waals surface area (Å²) < 4.78 is 0. The molecule has 1 unspecified atom stereocenters. The predicted molar refractivity (Wildman–Crippen MR) is 36.4 cm³/mol. The smallest absolute Gasteiger partial charge is 0.223 e. The van der Waals surface area contributed by atoms with E-state index in [4.69, 9.17) is 0 Å². The number of hydrogen-bond donors (Lipinski definition) is 0. The SMILES string of the molecule is CN1CCC(C=O)CC1=O. The van der Waals surface area contributed by atoms with Crippen LogP contribution in [0.1, 0.15) is 12.8 Å². The van der Waals surface area contributed by atoms with Crippen LogP contribution in [-0.4, -0.2) is 30.7 Å². The molecule has 1 rings (SSSR count). The van der Waals surface area contributed by atoms with Crippen LogP contribution in [0.2, 0.25) is 0 Å². The van der Waals surface area contributed by atoms with Gasteiger partial charge in [0.05, 0.1) is 0 Å². The standard InChI is InChI=1S/C7H11NO2/c1-8-3-2-6(5-9)4-7(8)10/h5-6H,2-4H2,1H3. The molecule has 0 N–H and O–H groups in total. The van der Waals surface area contributed by atoms with Gasteiger partial charge in [-0.25, -0.2) is 0 Å². The minimum absolute atomic E-state index is 0.0244. The first-order valence-electron chi connectivity index (χ1n) is 3.43. The zero-order chi connectivity index (χ0) is 7.56. The van der Waals surface area contributed by atoms with Crippen molar-refractivity contribution in [2.75, 3.05) is 13.6 Å². The van der Waals surface area contributed by atoms with E-state index in [9.17, 15) is 9.59 Å². The Labute approximate surface area is 60.0 Å². The minimum atomic E-state index is -0.0244. The van der Waals surface area contributed by atoms with Crippen LogP contribution in [0.3, 0.4) is 0 Å². The van der Waals surface area contributed by atoms with E-state index in [1.165, 1.54) is 0 Å². The van der Waals surface area contributed by atoms with Gasteiger partial charge in [0.2, 0.25) is 5.91 Å². The summed E-state index contributed by atoms with van der Waals surface area (Å²) in [6, 6.07) is 0. The molecule has 0 bridgehead atoms. The maximum atomic E-state index is 10.9. The van der Waals surface area contributed by atoms with Crippen LogP contribution in [0, 0.1) is 5.92 Å². The lowest BCUT2D eigenvalue weighted by Gasteiger charge is -2.25. The fourth-order valence-corrected chi connectivity index (χ4v) is 1.08. The second-order valence-corrected chi connectivity index (χ2v) is 2.70. The number of rotatable bonds is 1. The van der Waals surface area contributed by atoms with E-state index < -0.39 is 0 Å². The van der Waals surface area contributed by atoms with Gasteiger partial charge in [0, 0.05) is 25.9 Å². The Balaban J connectivity index is 2.48. The highest BCUT2D eigenvalue weighted by molar-refractivity contribution is 5.80. The first-order chi connectivity index (χ1) is 4.74. The molecule has 3 nitrogen and oxygen atoms in total. The highest BCUT2D eigenvalue weighted by Crippen LogP contribution is 2.13. The van der Waals surface area contributed by atoms with Gasteiger partial charge < -0.3 is 9.69 Å². The van der Waals surface area contributed by atoms with Gasteiger partial charge in [-0.1, -0.05) is 0 Å². The predicted octanol–water partition coefficient (Wildman–Crippen LogP) is 0.0537. The molecular weight excluding hydrogens is 130 g/mol. The first-order valence-corrected chi connectivity index (χ1v) is 3.43. The summed E-state index contributed by atoms with van der Waals surface area (Å²) in [4.78, 5) is 22.8.